The van der Waals surface area contributed by atoms with E-state index < -0.39 is 24.1 Å². The first-order valence-corrected chi connectivity index (χ1v) is 4.70. The minimum Gasteiger partial charge on any atom is -0.394 e. The van der Waals surface area contributed by atoms with E-state index in [9.17, 15) is 9.90 Å². The molecule has 0 spiro atoms. The van der Waals surface area contributed by atoms with Crippen LogP contribution in [0.25, 0.3) is 0 Å². The van der Waals surface area contributed by atoms with Crippen molar-refractivity contribution in [1.29, 1.82) is 0 Å². The third-order valence-electron chi connectivity index (χ3n) is 2.43. The van der Waals surface area contributed by atoms with Gasteiger partial charge >= 0.3 is 5.69 Å². The van der Waals surface area contributed by atoms with Crippen molar-refractivity contribution in [3.8, 4) is 0 Å². The monoisotopic (exact) mass is 212 g/mol. The van der Waals surface area contributed by atoms with Gasteiger partial charge in [-0.15, -0.1) is 0 Å². The lowest BCUT2D eigenvalue weighted by atomic mass is 10.2. The molecule has 0 amide bonds. The second-order valence-electron chi connectivity index (χ2n) is 3.42. The second-order valence-corrected chi connectivity index (χ2v) is 3.42. The van der Waals surface area contributed by atoms with Gasteiger partial charge in [0.15, 0.2) is 0 Å². The van der Waals surface area contributed by atoms with Crippen molar-refractivity contribution < 1.29 is 14.9 Å². The molecule has 0 saturated carbocycles. The van der Waals surface area contributed by atoms with E-state index in [2.05, 4.69) is 4.98 Å². The molecular formula is C9H12N2O4. The maximum atomic E-state index is 11.3. The lowest BCUT2D eigenvalue weighted by Crippen LogP contribution is -2.27. The Labute approximate surface area is 85.8 Å². The van der Waals surface area contributed by atoms with Crippen LogP contribution in [0.1, 0.15) is 12.6 Å². The first-order valence-electron chi connectivity index (χ1n) is 4.70. The van der Waals surface area contributed by atoms with E-state index in [0.29, 0.717) is 0 Å². The summed E-state index contributed by atoms with van der Waals surface area (Å²) in [6, 6.07) is 1.61. The van der Waals surface area contributed by atoms with E-state index in [4.69, 9.17) is 9.84 Å². The molecule has 6 heteroatoms. The van der Waals surface area contributed by atoms with Crippen LogP contribution >= 0.6 is 0 Å². The van der Waals surface area contributed by atoms with Gasteiger partial charge in [-0.05, 0) is 6.07 Å². The lowest BCUT2D eigenvalue weighted by molar-refractivity contribution is -0.0458. The smallest absolute Gasteiger partial charge is 0.349 e. The number of nitrogens with zero attached hydrogens (tertiary/aromatic N) is 2. The molecule has 1 aliphatic rings. The zero-order valence-corrected chi connectivity index (χ0v) is 7.98. The number of ether oxygens (including phenoxy) is 1. The SMILES string of the molecule is O=c1ncccn1[C@H]1C[C@H](O)[C@@H](CO)O1. The second kappa shape index (κ2) is 4.09. The van der Waals surface area contributed by atoms with Gasteiger partial charge in [-0.25, -0.2) is 9.78 Å². The van der Waals surface area contributed by atoms with Crippen LogP contribution in [-0.2, 0) is 4.74 Å². The highest BCUT2D eigenvalue weighted by Crippen LogP contribution is 2.26. The Morgan fingerprint density at radius 1 is 1.67 bits per heavy atom. The van der Waals surface area contributed by atoms with Gasteiger partial charge in [0.25, 0.3) is 0 Å². The third-order valence-corrected chi connectivity index (χ3v) is 2.43. The molecule has 82 valence electrons. The molecule has 0 aromatic carbocycles. The Kier molecular flexibility index (Phi) is 2.81. The van der Waals surface area contributed by atoms with Crippen LogP contribution in [0.2, 0.25) is 0 Å². The highest BCUT2D eigenvalue weighted by molar-refractivity contribution is 4.87. The summed E-state index contributed by atoms with van der Waals surface area (Å²) in [5, 5.41) is 18.4. The van der Waals surface area contributed by atoms with Crippen molar-refractivity contribution in [2.24, 2.45) is 0 Å². The van der Waals surface area contributed by atoms with Crippen LogP contribution in [-0.4, -0.2) is 38.6 Å². The van der Waals surface area contributed by atoms with Crippen molar-refractivity contribution >= 4 is 0 Å². The first kappa shape index (κ1) is 10.3. The molecule has 15 heavy (non-hydrogen) atoms. The number of hydrogen-bond acceptors (Lipinski definition) is 5. The maximum absolute atomic E-state index is 11.3. The van der Waals surface area contributed by atoms with Crippen LogP contribution in [0.15, 0.2) is 23.3 Å². The van der Waals surface area contributed by atoms with Gasteiger partial charge in [0, 0.05) is 18.8 Å². The molecule has 6 nitrogen and oxygen atoms in total. The number of aliphatic hydroxyl groups excluding tert-OH is 2. The van der Waals surface area contributed by atoms with E-state index in [0.717, 1.165) is 0 Å². The van der Waals surface area contributed by atoms with Gasteiger partial charge in [0.05, 0.1) is 12.7 Å². The summed E-state index contributed by atoms with van der Waals surface area (Å²) >= 11 is 0. The van der Waals surface area contributed by atoms with Crippen LogP contribution in [0.3, 0.4) is 0 Å². The molecule has 0 aliphatic carbocycles. The molecule has 2 rings (SSSR count). The molecule has 1 aromatic rings. The van der Waals surface area contributed by atoms with Crippen molar-refractivity contribution in [2.45, 2.75) is 24.9 Å². The topological polar surface area (TPSA) is 84.6 Å². The summed E-state index contributed by atoms with van der Waals surface area (Å²) in [6.07, 6.45) is 1.32. The Balaban J connectivity index is 2.21. The summed E-state index contributed by atoms with van der Waals surface area (Å²) in [5.41, 5.74) is -0.423. The molecular weight excluding hydrogens is 200 g/mol. The predicted molar refractivity (Wildman–Crippen MR) is 50.1 cm³/mol. The van der Waals surface area contributed by atoms with Gasteiger partial charge in [-0.3, -0.25) is 4.57 Å². The average Bonchev–Trinajstić information content (AvgIpc) is 2.60. The highest BCUT2D eigenvalue weighted by Gasteiger charge is 2.34. The molecule has 2 heterocycles. The minimum atomic E-state index is -0.743. The molecule has 1 aliphatic heterocycles. The summed E-state index contributed by atoms with van der Waals surface area (Å²) in [7, 11) is 0. The fraction of sp³-hybridized carbons (Fsp3) is 0.556. The van der Waals surface area contributed by atoms with Gasteiger partial charge in [0.1, 0.15) is 12.3 Å². The molecule has 0 radical (unpaired) electrons. The van der Waals surface area contributed by atoms with Gasteiger partial charge in [-0.2, -0.15) is 0 Å². The van der Waals surface area contributed by atoms with Crippen molar-refractivity contribution in [2.75, 3.05) is 6.61 Å². The van der Waals surface area contributed by atoms with Gasteiger partial charge in [0.2, 0.25) is 0 Å². The van der Waals surface area contributed by atoms with E-state index in [1.807, 2.05) is 0 Å². The van der Waals surface area contributed by atoms with Gasteiger partial charge in [-0.1, -0.05) is 0 Å². The molecule has 0 unspecified atom stereocenters. The Morgan fingerprint density at radius 2 is 2.47 bits per heavy atom. The normalized spacial score (nSPS) is 30.7. The molecule has 1 aromatic heterocycles. The average molecular weight is 212 g/mol. The lowest BCUT2D eigenvalue weighted by Gasteiger charge is -2.13. The fourth-order valence-electron chi connectivity index (χ4n) is 1.64. The largest absolute Gasteiger partial charge is 0.394 e. The van der Waals surface area contributed by atoms with E-state index in [-0.39, 0.29) is 13.0 Å². The molecule has 2 N–H and O–H groups in total. The number of aromatic nitrogens is 2. The molecule has 0 bridgehead atoms. The summed E-state index contributed by atoms with van der Waals surface area (Å²) in [5.74, 6) is 0. The highest BCUT2D eigenvalue weighted by atomic mass is 16.5. The first-order chi connectivity index (χ1) is 7.22. The van der Waals surface area contributed by atoms with Crippen LogP contribution in [0.4, 0.5) is 0 Å². The quantitative estimate of drug-likeness (QED) is 0.649. The van der Waals surface area contributed by atoms with E-state index in [1.165, 1.54) is 10.8 Å². The standard InChI is InChI=1S/C9H12N2O4/c12-5-7-6(13)4-8(15-7)11-3-1-2-10-9(11)14/h1-3,6-8,12-13H,4-5H2/t6-,7+,8+/m0/s1. The van der Waals surface area contributed by atoms with Crippen LogP contribution in [0, 0.1) is 0 Å². The Morgan fingerprint density at radius 3 is 3.07 bits per heavy atom. The zero-order chi connectivity index (χ0) is 10.8. The number of aliphatic hydroxyl groups is 2. The third kappa shape index (κ3) is 1.92. The van der Waals surface area contributed by atoms with Crippen molar-refractivity contribution in [3.63, 3.8) is 0 Å². The Hall–Kier alpha value is -1.24. The van der Waals surface area contributed by atoms with Gasteiger partial charge < -0.3 is 14.9 Å². The molecule has 1 fully saturated rings. The zero-order valence-electron chi connectivity index (χ0n) is 7.98. The van der Waals surface area contributed by atoms with E-state index in [1.54, 1.807) is 12.3 Å². The summed E-state index contributed by atoms with van der Waals surface area (Å²) in [6.45, 7) is -0.257. The van der Waals surface area contributed by atoms with Crippen molar-refractivity contribution in [3.05, 3.63) is 28.9 Å². The number of rotatable bonds is 2. The minimum absolute atomic E-state index is 0.257. The van der Waals surface area contributed by atoms with Crippen LogP contribution < -0.4 is 5.69 Å². The summed E-state index contributed by atoms with van der Waals surface area (Å²) in [4.78, 5) is 14.9. The van der Waals surface area contributed by atoms with Crippen molar-refractivity contribution in [1.82, 2.24) is 9.55 Å². The fourth-order valence-corrected chi connectivity index (χ4v) is 1.64. The predicted octanol–water partition coefficient (Wildman–Crippen LogP) is -1.12. The Bertz CT molecular complexity index is 392. The molecule has 3 atom stereocenters. The summed E-state index contributed by atoms with van der Waals surface area (Å²) < 4.78 is 6.62. The van der Waals surface area contributed by atoms with Crippen LogP contribution in [0.5, 0.6) is 0 Å². The maximum Gasteiger partial charge on any atom is 0.349 e. The molecule has 1 saturated heterocycles. The van der Waals surface area contributed by atoms with E-state index >= 15 is 0 Å². The number of hydrogen-bond donors (Lipinski definition) is 2.